The Labute approximate surface area is 157 Å². The lowest BCUT2D eigenvalue weighted by Gasteiger charge is -2.12. The maximum atomic E-state index is 12.5. The van der Waals surface area contributed by atoms with Gasteiger partial charge in [-0.15, -0.1) is 0 Å². The van der Waals surface area contributed by atoms with E-state index in [4.69, 9.17) is 27.6 Å². The summed E-state index contributed by atoms with van der Waals surface area (Å²) < 4.78 is 5.85. The minimum absolute atomic E-state index is 0.0167. The summed E-state index contributed by atoms with van der Waals surface area (Å²) in [5.74, 6) is -1.10. The first-order chi connectivity index (χ1) is 12.5. The lowest BCUT2D eigenvalue weighted by atomic mass is 9.97. The number of benzene rings is 3. The van der Waals surface area contributed by atoms with Crippen LogP contribution < -0.4 is 10.5 Å². The van der Waals surface area contributed by atoms with Crippen molar-refractivity contribution in [3.05, 3.63) is 80.4 Å². The Morgan fingerprint density at radius 2 is 1.73 bits per heavy atom. The molecule has 0 bridgehead atoms. The smallest absolute Gasteiger partial charge is 0.193 e. The van der Waals surface area contributed by atoms with Gasteiger partial charge in [-0.25, -0.2) is 0 Å². The molecule has 0 saturated heterocycles. The van der Waals surface area contributed by atoms with Crippen LogP contribution >= 0.6 is 23.2 Å². The standard InChI is InChI=1S/C20H10Cl2O4/c21-11-7-14-16(23)9-17(26-19(14)15(22)8-11)12-5-1-3-10-4-2-6-13(18(10)12)20(24)25/h1-9H,(H,24,25)/p-1. The molecule has 0 saturated carbocycles. The predicted molar refractivity (Wildman–Crippen MR) is 99.8 cm³/mol. The van der Waals surface area contributed by atoms with Crippen LogP contribution in [0.2, 0.25) is 10.0 Å². The van der Waals surface area contributed by atoms with Crippen molar-refractivity contribution in [2.24, 2.45) is 0 Å². The van der Waals surface area contributed by atoms with E-state index in [0.717, 1.165) is 0 Å². The molecule has 6 heteroatoms. The Morgan fingerprint density at radius 3 is 2.46 bits per heavy atom. The third kappa shape index (κ3) is 2.64. The largest absolute Gasteiger partial charge is 0.545 e. The summed E-state index contributed by atoms with van der Waals surface area (Å²) in [7, 11) is 0. The first-order valence-electron chi connectivity index (χ1n) is 7.62. The molecule has 4 aromatic rings. The summed E-state index contributed by atoms with van der Waals surface area (Å²) in [5.41, 5.74) is 0.352. The van der Waals surface area contributed by atoms with Gasteiger partial charge in [-0.3, -0.25) is 4.79 Å². The summed E-state index contributed by atoms with van der Waals surface area (Å²) in [6.45, 7) is 0. The Morgan fingerprint density at radius 1 is 1.00 bits per heavy atom. The number of aromatic carboxylic acids is 1. The maximum Gasteiger partial charge on any atom is 0.193 e. The van der Waals surface area contributed by atoms with Crippen LogP contribution in [-0.4, -0.2) is 5.97 Å². The Balaban J connectivity index is 2.11. The highest BCUT2D eigenvalue weighted by Crippen LogP contribution is 2.34. The molecular formula is C20H9Cl2O4-. The molecule has 4 rings (SSSR count). The number of carbonyl (C=O) groups is 1. The highest BCUT2D eigenvalue weighted by Gasteiger charge is 2.15. The first kappa shape index (κ1) is 16.6. The second-order valence-electron chi connectivity index (χ2n) is 5.74. The summed E-state index contributed by atoms with van der Waals surface area (Å²) in [4.78, 5) is 24.1. The lowest BCUT2D eigenvalue weighted by Crippen LogP contribution is -2.22. The highest BCUT2D eigenvalue weighted by molar-refractivity contribution is 6.38. The normalized spacial score (nSPS) is 11.2. The molecule has 26 heavy (non-hydrogen) atoms. The fourth-order valence-electron chi connectivity index (χ4n) is 3.03. The third-order valence-electron chi connectivity index (χ3n) is 4.14. The van der Waals surface area contributed by atoms with Crippen molar-refractivity contribution in [1.29, 1.82) is 0 Å². The fourth-order valence-corrected chi connectivity index (χ4v) is 3.56. The number of carbonyl (C=O) groups excluding carboxylic acids is 1. The number of halogens is 2. The van der Waals surface area contributed by atoms with Crippen LogP contribution in [0.5, 0.6) is 0 Å². The molecule has 0 atom stereocenters. The highest BCUT2D eigenvalue weighted by atomic mass is 35.5. The number of hydrogen-bond acceptors (Lipinski definition) is 4. The SMILES string of the molecule is O=C([O-])c1cccc2cccc(-c3cc(=O)c4cc(Cl)cc(Cl)c4o3)c12. The molecular weight excluding hydrogens is 375 g/mol. The molecule has 1 heterocycles. The van der Waals surface area contributed by atoms with Crippen LogP contribution in [0.15, 0.2) is 63.8 Å². The number of rotatable bonds is 2. The first-order valence-corrected chi connectivity index (χ1v) is 8.37. The topological polar surface area (TPSA) is 70.3 Å². The van der Waals surface area contributed by atoms with Crippen molar-refractivity contribution in [3.8, 4) is 11.3 Å². The maximum absolute atomic E-state index is 12.5. The fraction of sp³-hybridized carbons (Fsp3) is 0. The Bertz CT molecular complexity index is 1250. The second-order valence-corrected chi connectivity index (χ2v) is 6.58. The van der Waals surface area contributed by atoms with Crippen LogP contribution in [0.1, 0.15) is 10.4 Å². The number of carboxylic acid groups (broad SMARTS) is 1. The van der Waals surface area contributed by atoms with E-state index in [1.807, 2.05) is 0 Å². The van der Waals surface area contributed by atoms with E-state index in [1.54, 1.807) is 30.3 Å². The number of carboxylic acids is 1. The third-order valence-corrected chi connectivity index (χ3v) is 4.64. The van der Waals surface area contributed by atoms with Crippen molar-refractivity contribution in [3.63, 3.8) is 0 Å². The molecule has 0 spiro atoms. The van der Waals surface area contributed by atoms with Gasteiger partial charge >= 0.3 is 0 Å². The zero-order valence-corrected chi connectivity index (χ0v) is 14.6. The van der Waals surface area contributed by atoms with Crippen LogP contribution in [0.25, 0.3) is 33.1 Å². The minimum Gasteiger partial charge on any atom is -0.545 e. The molecule has 4 nitrogen and oxygen atoms in total. The van der Waals surface area contributed by atoms with Gasteiger partial charge in [-0.05, 0) is 17.5 Å². The van der Waals surface area contributed by atoms with Crippen molar-refractivity contribution in [1.82, 2.24) is 0 Å². The van der Waals surface area contributed by atoms with Gasteiger partial charge in [0.25, 0.3) is 0 Å². The average molecular weight is 384 g/mol. The van der Waals surface area contributed by atoms with Crippen LogP contribution in [0, 0.1) is 0 Å². The van der Waals surface area contributed by atoms with Crippen LogP contribution in [-0.2, 0) is 0 Å². The van der Waals surface area contributed by atoms with Gasteiger partial charge in [-0.1, -0.05) is 59.6 Å². The van der Waals surface area contributed by atoms with Crippen molar-refractivity contribution in [2.45, 2.75) is 0 Å². The molecule has 0 amide bonds. The molecule has 0 unspecified atom stereocenters. The molecule has 0 aliphatic heterocycles. The van der Waals surface area contributed by atoms with Crippen molar-refractivity contribution >= 4 is 50.9 Å². The van der Waals surface area contributed by atoms with Gasteiger partial charge in [0, 0.05) is 27.6 Å². The molecule has 0 aliphatic carbocycles. The van der Waals surface area contributed by atoms with E-state index in [-0.39, 0.29) is 32.7 Å². The van der Waals surface area contributed by atoms with E-state index in [0.29, 0.717) is 21.4 Å². The molecule has 0 radical (unpaired) electrons. The van der Waals surface area contributed by atoms with Crippen molar-refractivity contribution in [2.75, 3.05) is 0 Å². The molecule has 3 aromatic carbocycles. The molecule has 128 valence electrons. The van der Waals surface area contributed by atoms with E-state index in [2.05, 4.69) is 0 Å². The van der Waals surface area contributed by atoms with Gasteiger partial charge in [0.1, 0.15) is 5.76 Å². The second kappa shape index (κ2) is 6.16. The van der Waals surface area contributed by atoms with Gasteiger partial charge in [0.15, 0.2) is 11.0 Å². The molecule has 0 N–H and O–H groups in total. The zero-order chi connectivity index (χ0) is 18.4. The molecule has 0 fully saturated rings. The molecule has 0 aliphatic rings. The lowest BCUT2D eigenvalue weighted by molar-refractivity contribution is -0.254. The number of hydrogen-bond donors (Lipinski definition) is 0. The van der Waals surface area contributed by atoms with E-state index < -0.39 is 5.97 Å². The summed E-state index contributed by atoms with van der Waals surface area (Å²) >= 11 is 12.1. The Kier molecular flexibility index (Phi) is 3.94. The summed E-state index contributed by atoms with van der Waals surface area (Å²) in [6, 6.07) is 14.3. The summed E-state index contributed by atoms with van der Waals surface area (Å²) in [5, 5.41) is 13.4. The van der Waals surface area contributed by atoms with Crippen LogP contribution in [0.3, 0.4) is 0 Å². The van der Waals surface area contributed by atoms with E-state index in [1.165, 1.54) is 24.3 Å². The quantitative estimate of drug-likeness (QED) is 0.517. The van der Waals surface area contributed by atoms with Gasteiger partial charge in [-0.2, -0.15) is 0 Å². The number of fused-ring (bicyclic) bond motifs is 2. The Hall–Kier alpha value is -2.82. The zero-order valence-electron chi connectivity index (χ0n) is 13.1. The average Bonchev–Trinajstić information content (AvgIpc) is 2.61. The minimum atomic E-state index is -1.31. The van der Waals surface area contributed by atoms with Crippen molar-refractivity contribution < 1.29 is 14.3 Å². The van der Waals surface area contributed by atoms with E-state index in [9.17, 15) is 14.7 Å². The van der Waals surface area contributed by atoms with Crippen LogP contribution in [0.4, 0.5) is 0 Å². The monoisotopic (exact) mass is 383 g/mol. The predicted octanol–water partition coefficient (Wildman–Crippen LogP) is 4.28. The van der Waals surface area contributed by atoms with Gasteiger partial charge < -0.3 is 14.3 Å². The summed E-state index contributed by atoms with van der Waals surface area (Å²) in [6.07, 6.45) is 0. The molecule has 1 aromatic heterocycles. The van der Waals surface area contributed by atoms with Gasteiger partial charge in [0.05, 0.1) is 16.4 Å². The van der Waals surface area contributed by atoms with Gasteiger partial charge in [0.2, 0.25) is 0 Å². The van der Waals surface area contributed by atoms with E-state index >= 15 is 0 Å².